The molecule has 0 unspecified atom stereocenters. The summed E-state index contributed by atoms with van der Waals surface area (Å²) in [5.41, 5.74) is 3.07. The number of hydrogen-bond donors (Lipinski definition) is 1. The number of hydrogen-bond acceptors (Lipinski definition) is 7. The van der Waals surface area contributed by atoms with Crippen molar-refractivity contribution in [1.29, 1.82) is 0 Å². The van der Waals surface area contributed by atoms with E-state index >= 15 is 0 Å². The van der Waals surface area contributed by atoms with Gasteiger partial charge in [0.05, 0.1) is 31.8 Å². The molecule has 7 nitrogen and oxygen atoms in total. The number of rotatable bonds is 8. The smallest absolute Gasteiger partial charge is 0.338 e. The molecule has 1 amide bonds. The minimum Gasteiger partial charge on any atom is -0.497 e. The summed E-state index contributed by atoms with van der Waals surface area (Å²) in [6.45, 7) is 1.91. The Morgan fingerprint density at radius 1 is 1.03 bits per heavy atom. The van der Waals surface area contributed by atoms with E-state index in [1.54, 1.807) is 37.4 Å². The molecule has 10 heteroatoms. The lowest BCUT2D eigenvalue weighted by molar-refractivity contribution is -0.119. The Balaban J connectivity index is 1.28. The van der Waals surface area contributed by atoms with Crippen molar-refractivity contribution in [2.75, 3.05) is 19.0 Å². The molecule has 0 saturated carbocycles. The fourth-order valence-electron chi connectivity index (χ4n) is 3.17. The van der Waals surface area contributed by atoms with Crippen molar-refractivity contribution in [3.05, 3.63) is 80.2 Å². The first-order valence-electron chi connectivity index (χ1n) is 10.4. The monoisotopic (exact) mass is 618 g/mol. The Morgan fingerprint density at radius 2 is 1.74 bits per heavy atom. The fraction of sp³-hybridized carbons (Fsp3) is 0.160. The van der Waals surface area contributed by atoms with Crippen LogP contribution in [0.4, 0.5) is 5.13 Å². The van der Waals surface area contributed by atoms with Crippen LogP contribution in [-0.4, -0.2) is 30.6 Å². The largest absolute Gasteiger partial charge is 0.497 e. The van der Waals surface area contributed by atoms with Crippen LogP contribution in [-0.2, 0) is 16.1 Å². The molecule has 0 spiro atoms. The number of esters is 1. The highest BCUT2D eigenvalue weighted by Gasteiger charge is 2.13. The molecule has 4 aromatic rings. The van der Waals surface area contributed by atoms with Crippen molar-refractivity contribution < 1.29 is 23.8 Å². The molecule has 0 radical (unpaired) electrons. The lowest BCUT2D eigenvalue weighted by Crippen LogP contribution is -2.20. The van der Waals surface area contributed by atoms with Gasteiger partial charge in [-0.15, -0.1) is 0 Å². The predicted octanol–water partition coefficient (Wildman–Crippen LogP) is 6.51. The third-order valence-corrected chi connectivity index (χ3v) is 7.00. The molecule has 0 bridgehead atoms. The zero-order valence-corrected chi connectivity index (χ0v) is 22.8. The zero-order chi connectivity index (χ0) is 24.9. The fourth-order valence-corrected chi connectivity index (χ4v) is 5.73. The Labute approximate surface area is 222 Å². The van der Waals surface area contributed by atoms with Gasteiger partial charge in [0.2, 0.25) is 0 Å². The van der Waals surface area contributed by atoms with E-state index in [9.17, 15) is 9.59 Å². The minimum absolute atomic E-state index is 0.325. The van der Waals surface area contributed by atoms with Crippen LogP contribution in [0.15, 0.2) is 63.5 Å². The lowest BCUT2D eigenvalue weighted by Gasteiger charge is -2.11. The van der Waals surface area contributed by atoms with Gasteiger partial charge in [0.15, 0.2) is 11.7 Å². The Morgan fingerprint density at radius 3 is 2.43 bits per heavy atom. The van der Waals surface area contributed by atoms with E-state index in [0.29, 0.717) is 28.8 Å². The van der Waals surface area contributed by atoms with Gasteiger partial charge in [0.1, 0.15) is 18.1 Å². The van der Waals surface area contributed by atoms with Crippen LogP contribution >= 0.6 is 43.2 Å². The number of thiazole rings is 1. The van der Waals surface area contributed by atoms with Gasteiger partial charge in [-0.25, -0.2) is 9.78 Å². The maximum atomic E-state index is 12.4. The molecule has 4 rings (SSSR count). The van der Waals surface area contributed by atoms with Gasteiger partial charge in [0.25, 0.3) is 5.91 Å². The van der Waals surface area contributed by atoms with Crippen LogP contribution in [0.5, 0.6) is 11.5 Å². The van der Waals surface area contributed by atoms with E-state index in [2.05, 4.69) is 42.2 Å². The molecule has 0 aliphatic carbocycles. The summed E-state index contributed by atoms with van der Waals surface area (Å²) in [5.74, 6) is 0.355. The van der Waals surface area contributed by atoms with Gasteiger partial charge < -0.3 is 14.2 Å². The van der Waals surface area contributed by atoms with Gasteiger partial charge >= 0.3 is 5.97 Å². The number of carbonyl (C=O) groups excluding carboxylic acids is 2. The van der Waals surface area contributed by atoms with Crippen molar-refractivity contribution in [1.82, 2.24) is 4.98 Å². The molecule has 0 saturated heterocycles. The van der Waals surface area contributed by atoms with E-state index in [4.69, 9.17) is 14.2 Å². The van der Waals surface area contributed by atoms with E-state index in [-0.39, 0.29) is 0 Å². The number of benzene rings is 3. The zero-order valence-electron chi connectivity index (χ0n) is 18.8. The number of anilines is 1. The second-order valence-electron chi connectivity index (χ2n) is 7.52. The molecule has 180 valence electrons. The third kappa shape index (κ3) is 6.39. The summed E-state index contributed by atoms with van der Waals surface area (Å²) >= 11 is 8.33. The van der Waals surface area contributed by atoms with E-state index < -0.39 is 18.5 Å². The van der Waals surface area contributed by atoms with Crippen LogP contribution in [0.3, 0.4) is 0 Å². The van der Waals surface area contributed by atoms with Gasteiger partial charge in [-0.05, 0) is 92.4 Å². The highest BCUT2D eigenvalue weighted by atomic mass is 79.9. The van der Waals surface area contributed by atoms with Crippen molar-refractivity contribution in [3.63, 3.8) is 0 Å². The number of nitrogens with one attached hydrogen (secondary N) is 1. The Bertz CT molecular complexity index is 1370. The summed E-state index contributed by atoms with van der Waals surface area (Å²) in [7, 11) is 1.59. The number of aromatic nitrogens is 1. The van der Waals surface area contributed by atoms with Crippen molar-refractivity contribution in [2.24, 2.45) is 0 Å². The quantitative estimate of drug-likeness (QED) is 0.226. The SMILES string of the molecule is COc1ccc2nc(NC(=O)COC(=O)c3ccc(COc4c(Br)cc(C)cc4Br)cc3)sc2c1. The Kier molecular flexibility index (Phi) is 8.04. The molecule has 0 fully saturated rings. The highest BCUT2D eigenvalue weighted by molar-refractivity contribution is 9.11. The number of methoxy groups -OCH3 is 1. The summed E-state index contributed by atoms with van der Waals surface area (Å²) in [5, 5.41) is 3.08. The molecular weight excluding hydrogens is 600 g/mol. The molecule has 0 aliphatic rings. The van der Waals surface area contributed by atoms with Gasteiger partial charge in [-0.2, -0.15) is 0 Å². The molecular formula is C25H20Br2N2O5S. The first-order valence-corrected chi connectivity index (χ1v) is 12.8. The first-order chi connectivity index (χ1) is 16.8. The summed E-state index contributed by atoms with van der Waals surface area (Å²) in [6.07, 6.45) is 0. The van der Waals surface area contributed by atoms with E-state index in [1.165, 1.54) is 11.3 Å². The maximum absolute atomic E-state index is 12.4. The van der Waals surface area contributed by atoms with Crippen LogP contribution in [0.25, 0.3) is 10.2 Å². The lowest BCUT2D eigenvalue weighted by atomic mass is 10.1. The van der Waals surface area contributed by atoms with Crippen molar-refractivity contribution in [3.8, 4) is 11.5 Å². The van der Waals surface area contributed by atoms with Crippen LogP contribution in [0.2, 0.25) is 0 Å². The molecule has 1 N–H and O–H groups in total. The molecule has 3 aromatic carbocycles. The van der Waals surface area contributed by atoms with Gasteiger partial charge in [-0.1, -0.05) is 23.5 Å². The normalized spacial score (nSPS) is 10.7. The molecule has 1 heterocycles. The second-order valence-corrected chi connectivity index (χ2v) is 10.3. The number of aryl methyl sites for hydroxylation is 1. The summed E-state index contributed by atoms with van der Waals surface area (Å²) < 4.78 is 18.8. The number of carbonyl (C=O) groups is 2. The van der Waals surface area contributed by atoms with Crippen molar-refractivity contribution >= 4 is 70.4 Å². The molecule has 35 heavy (non-hydrogen) atoms. The second kappa shape index (κ2) is 11.2. The maximum Gasteiger partial charge on any atom is 0.338 e. The van der Waals surface area contributed by atoms with Crippen LogP contribution in [0, 0.1) is 6.92 Å². The van der Waals surface area contributed by atoms with Crippen LogP contribution in [0.1, 0.15) is 21.5 Å². The van der Waals surface area contributed by atoms with Gasteiger partial charge in [0, 0.05) is 0 Å². The van der Waals surface area contributed by atoms with Gasteiger partial charge in [-0.3, -0.25) is 10.1 Å². The highest BCUT2D eigenvalue weighted by Crippen LogP contribution is 2.35. The van der Waals surface area contributed by atoms with Crippen LogP contribution < -0.4 is 14.8 Å². The first kappa shape index (κ1) is 25.2. The number of nitrogens with zero attached hydrogens (tertiary/aromatic N) is 1. The summed E-state index contributed by atoms with van der Waals surface area (Å²) in [6, 6.07) is 16.2. The summed E-state index contributed by atoms with van der Waals surface area (Å²) in [4.78, 5) is 28.9. The third-order valence-electron chi connectivity index (χ3n) is 4.89. The molecule has 1 aromatic heterocycles. The molecule has 0 atom stereocenters. The Hall–Kier alpha value is -2.95. The molecule has 0 aliphatic heterocycles. The van der Waals surface area contributed by atoms with Crippen molar-refractivity contribution in [2.45, 2.75) is 13.5 Å². The number of halogens is 2. The number of ether oxygens (including phenoxy) is 3. The number of fused-ring (bicyclic) bond motifs is 1. The average Bonchev–Trinajstić information content (AvgIpc) is 3.23. The van der Waals surface area contributed by atoms with E-state index in [0.717, 1.165) is 30.3 Å². The standard InChI is InChI=1S/C25H20Br2N2O5S/c1-14-9-18(26)23(19(27)10-14)33-12-15-3-5-16(6-4-15)24(31)34-13-22(30)29-25-28-20-8-7-17(32-2)11-21(20)35-25/h3-11H,12-13H2,1-2H3,(H,28,29,30). The topological polar surface area (TPSA) is 86.8 Å². The van der Waals surface area contributed by atoms with E-state index in [1.807, 2.05) is 31.2 Å². The predicted molar refractivity (Wildman–Crippen MR) is 142 cm³/mol. The minimum atomic E-state index is -0.592. The average molecular weight is 620 g/mol. The number of amides is 1.